The Bertz CT molecular complexity index is 1220. The normalized spacial score (nSPS) is 14.1. The van der Waals surface area contributed by atoms with Gasteiger partial charge in [-0.1, -0.05) is 19.9 Å². The van der Waals surface area contributed by atoms with Crippen molar-refractivity contribution in [2.45, 2.75) is 32.4 Å². The molecule has 0 atom stereocenters. The summed E-state index contributed by atoms with van der Waals surface area (Å²) in [6.45, 7) is 5.89. The molecule has 10 heteroatoms. The van der Waals surface area contributed by atoms with Crippen molar-refractivity contribution < 1.29 is 19.1 Å². The number of anilines is 2. The third kappa shape index (κ3) is 4.96. The van der Waals surface area contributed by atoms with Gasteiger partial charge in [-0.3, -0.25) is 9.78 Å². The number of carboxylic acid groups (broad SMARTS) is 1. The molecule has 4 rings (SSSR count). The van der Waals surface area contributed by atoms with Gasteiger partial charge in [0.2, 0.25) is 0 Å². The predicted octanol–water partition coefficient (Wildman–Crippen LogP) is 3.44. The highest BCUT2D eigenvalue weighted by Crippen LogP contribution is 2.32. The van der Waals surface area contributed by atoms with Crippen LogP contribution < -0.4 is 21.1 Å². The Labute approximate surface area is 196 Å². The van der Waals surface area contributed by atoms with E-state index < -0.39 is 17.8 Å². The topological polar surface area (TPSA) is 119 Å². The molecular weight excluding hydrogens is 439 g/mol. The summed E-state index contributed by atoms with van der Waals surface area (Å²) in [5.74, 6) is -0.805. The van der Waals surface area contributed by atoms with Gasteiger partial charge in [0.1, 0.15) is 11.6 Å². The lowest BCUT2D eigenvalue weighted by molar-refractivity contribution is 0.0969. The van der Waals surface area contributed by atoms with E-state index in [4.69, 9.17) is 0 Å². The van der Waals surface area contributed by atoms with Crippen LogP contribution >= 0.6 is 0 Å². The monoisotopic (exact) mass is 464 g/mol. The van der Waals surface area contributed by atoms with Crippen LogP contribution in [-0.4, -0.2) is 33.6 Å². The van der Waals surface area contributed by atoms with Crippen molar-refractivity contribution >= 4 is 23.5 Å². The SMILES string of the molecule is CC1(C)CNCc2cc(N(NC(=O)O)C(=O)c3cccnc3NCc3ccc(F)cn3)ccc21. The van der Waals surface area contributed by atoms with Gasteiger partial charge in [0, 0.05) is 24.7 Å². The molecule has 0 spiro atoms. The lowest BCUT2D eigenvalue weighted by Gasteiger charge is -2.34. The second kappa shape index (κ2) is 9.44. The number of pyridine rings is 2. The third-order valence-electron chi connectivity index (χ3n) is 5.63. The van der Waals surface area contributed by atoms with E-state index in [1.165, 1.54) is 18.3 Å². The zero-order valence-corrected chi connectivity index (χ0v) is 18.8. The summed E-state index contributed by atoms with van der Waals surface area (Å²) in [7, 11) is 0. The lowest BCUT2D eigenvalue weighted by atomic mass is 9.79. The Morgan fingerprint density at radius 3 is 2.76 bits per heavy atom. The first-order valence-corrected chi connectivity index (χ1v) is 10.7. The van der Waals surface area contributed by atoms with Crippen molar-refractivity contribution in [3.8, 4) is 0 Å². The smallest absolute Gasteiger partial charge is 0.424 e. The van der Waals surface area contributed by atoms with E-state index in [0.29, 0.717) is 17.9 Å². The number of amides is 2. The molecule has 1 aliphatic heterocycles. The van der Waals surface area contributed by atoms with E-state index in [9.17, 15) is 19.1 Å². The van der Waals surface area contributed by atoms with E-state index in [1.54, 1.807) is 18.2 Å². The summed E-state index contributed by atoms with van der Waals surface area (Å²) >= 11 is 0. The number of hydrogen-bond acceptors (Lipinski definition) is 6. The molecule has 1 aliphatic rings. The quantitative estimate of drug-likeness (QED) is 0.427. The number of benzene rings is 1. The van der Waals surface area contributed by atoms with Gasteiger partial charge < -0.3 is 15.7 Å². The number of rotatable bonds is 5. The molecule has 9 nitrogen and oxygen atoms in total. The molecule has 34 heavy (non-hydrogen) atoms. The van der Waals surface area contributed by atoms with Crippen LogP contribution in [0.15, 0.2) is 54.9 Å². The highest BCUT2D eigenvalue weighted by molar-refractivity contribution is 6.09. The van der Waals surface area contributed by atoms with Gasteiger partial charge in [0.15, 0.2) is 0 Å². The van der Waals surface area contributed by atoms with Crippen LogP contribution in [0.25, 0.3) is 0 Å². The first kappa shape index (κ1) is 23.1. The summed E-state index contributed by atoms with van der Waals surface area (Å²) in [5, 5.41) is 16.8. The van der Waals surface area contributed by atoms with E-state index >= 15 is 0 Å². The zero-order chi connectivity index (χ0) is 24.3. The van der Waals surface area contributed by atoms with Gasteiger partial charge in [0.25, 0.3) is 5.91 Å². The highest BCUT2D eigenvalue weighted by Gasteiger charge is 2.29. The maximum absolute atomic E-state index is 13.5. The van der Waals surface area contributed by atoms with Crippen molar-refractivity contribution in [3.05, 3.63) is 83.1 Å². The third-order valence-corrected chi connectivity index (χ3v) is 5.63. The average molecular weight is 465 g/mol. The minimum Gasteiger partial charge on any atom is -0.464 e. The van der Waals surface area contributed by atoms with Gasteiger partial charge in [-0.15, -0.1) is 0 Å². The largest absolute Gasteiger partial charge is 0.464 e. The van der Waals surface area contributed by atoms with Crippen molar-refractivity contribution in [2.24, 2.45) is 0 Å². The van der Waals surface area contributed by atoms with Crippen LogP contribution in [0.2, 0.25) is 0 Å². The number of hydrazine groups is 1. The molecule has 176 valence electrons. The fourth-order valence-corrected chi connectivity index (χ4v) is 3.98. The number of carbonyl (C=O) groups is 2. The molecule has 0 unspecified atom stereocenters. The summed E-state index contributed by atoms with van der Waals surface area (Å²) in [4.78, 5) is 33.3. The number of carbonyl (C=O) groups excluding carboxylic acids is 1. The minimum atomic E-state index is -1.38. The van der Waals surface area contributed by atoms with Crippen LogP contribution in [0.5, 0.6) is 0 Å². The van der Waals surface area contributed by atoms with Crippen molar-refractivity contribution in [1.82, 2.24) is 20.7 Å². The second-order valence-corrected chi connectivity index (χ2v) is 8.61. The second-order valence-electron chi connectivity index (χ2n) is 8.61. The first-order valence-electron chi connectivity index (χ1n) is 10.7. The van der Waals surface area contributed by atoms with Gasteiger partial charge >= 0.3 is 6.09 Å². The van der Waals surface area contributed by atoms with Crippen molar-refractivity contribution in [1.29, 1.82) is 0 Å². The van der Waals surface area contributed by atoms with Crippen LogP contribution in [0.3, 0.4) is 0 Å². The Morgan fingerprint density at radius 2 is 2.03 bits per heavy atom. The van der Waals surface area contributed by atoms with Crippen LogP contribution in [-0.2, 0) is 18.5 Å². The lowest BCUT2D eigenvalue weighted by Crippen LogP contribution is -2.46. The van der Waals surface area contributed by atoms with Gasteiger partial charge in [0.05, 0.1) is 29.7 Å². The maximum Gasteiger partial charge on any atom is 0.424 e. The zero-order valence-electron chi connectivity index (χ0n) is 18.8. The number of aromatic nitrogens is 2. The number of hydrogen-bond donors (Lipinski definition) is 4. The molecule has 4 N–H and O–H groups in total. The Balaban J connectivity index is 1.64. The van der Waals surface area contributed by atoms with Crippen molar-refractivity contribution in [2.75, 3.05) is 16.9 Å². The molecule has 0 bridgehead atoms. The maximum atomic E-state index is 13.5. The number of nitrogens with one attached hydrogen (secondary N) is 3. The van der Waals surface area contributed by atoms with Gasteiger partial charge in [-0.25, -0.2) is 24.6 Å². The Hall–Kier alpha value is -4.05. The molecule has 3 heterocycles. The predicted molar refractivity (Wildman–Crippen MR) is 125 cm³/mol. The molecule has 1 aromatic carbocycles. The van der Waals surface area contributed by atoms with Crippen LogP contribution in [0.1, 0.15) is 41.0 Å². The molecule has 0 aliphatic carbocycles. The highest BCUT2D eigenvalue weighted by atomic mass is 19.1. The first-order chi connectivity index (χ1) is 16.2. The van der Waals surface area contributed by atoms with E-state index in [2.05, 4.69) is 39.9 Å². The summed E-state index contributed by atoms with van der Waals surface area (Å²) < 4.78 is 13.1. The fourth-order valence-electron chi connectivity index (χ4n) is 3.98. The van der Waals surface area contributed by atoms with Crippen molar-refractivity contribution in [3.63, 3.8) is 0 Å². The molecule has 2 aromatic heterocycles. The fraction of sp³-hybridized carbons (Fsp3) is 0.250. The number of fused-ring (bicyclic) bond motifs is 1. The molecule has 0 saturated heterocycles. The van der Waals surface area contributed by atoms with E-state index in [0.717, 1.165) is 28.9 Å². The van der Waals surface area contributed by atoms with E-state index in [-0.39, 0.29) is 23.3 Å². The molecule has 3 aromatic rings. The Kier molecular flexibility index (Phi) is 6.42. The summed E-state index contributed by atoms with van der Waals surface area (Å²) in [6, 6.07) is 11.4. The minimum absolute atomic E-state index is 0.0873. The summed E-state index contributed by atoms with van der Waals surface area (Å²) in [5.41, 5.74) is 5.35. The molecular formula is C24H25FN6O3. The average Bonchev–Trinajstić information content (AvgIpc) is 2.81. The van der Waals surface area contributed by atoms with Crippen LogP contribution in [0.4, 0.5) is 20.7 Å². The number of halogens is 1. The molecule has 2 amide bonds. The molecule has 0 saturated carbocycles. The molecule has 0 radical (unpaired) electrons. The number of nitrogens with zero attached hydrogens (tertiary/aromatic N) is 3. The van der Waals surface area contributed by atoms with E-state index in [1.807, 2.05) is 12.1 Å². The van der Waals surface area contributed by atoms with Gasteiger partial charge in [-0.05, 0) is 47.5 Å². The standard InChI is InChI=1S/C24H25FN6O3/c1-24(2)14-26-11-15-10-18(7-8-20(15)24)31(30-23(33)34)22(32)19-4-3-9-27-21(19)29-13-17-6-5-16(25)12-28-17/h3-10,12,26,30H,11,13-14H2,1-2H3,(H,27,29)(H,33,34). The summed E-state index contributed by atoms with van der Waals surface area (Å²) in [6.07, 6.45) is 1.24. The van der Waals surface area contributed by atoms with Crippen LogP contribution in [0, 0.1) is 5.82 Å². The van der Waals surface area contributed by atoms with Gasteiger partial charge in [-0.2, -0.15) is 0 Å². The molecule has 0 fully saturated rings. The Morgan fingerprint density at radius 1 is 1.21 bits per heavy atom.